The van der Waals surface area contributed by atoms with Crippen LogP contribution in [0.15, 0.2) is 6.07 Å². The smallest absolute Gasteiger partial charge is 0.157 e. The molecule has 1 unspecified atom stereocenters. The van der Waals surface area contributed by atoms with Crippen molar-refractivity contribution in [1.82, 2.24) is 19.6 Å². The van der Waals surface area contributed by atoms with Crippen LogP contribution in [0.25, 0.3) is 0 Å². The average Bonchev–Trinajstić information content (AvgIpc) is 2.66. The Morgan fingerprint density at radius 3 is 2.75 bits per heavy atom. The van der Waals surface area contributed by atoms with Crippen LogP contribution in [0, 0.1) is 0 Å². The summed E-state index contributed by atoms with van der Waals surface area (Å²) in [5.74, 6) is 0.298. The zero-order valence-electron chi connectivity index (χ0n) is 13.1. The maximum Gasteiger partial charge on any atom is 0.157 e. The van der Waals surface area contributed by atoms with Crippen LogP contribution in [0.2, 0.25) is 0 Å². The third-order valence-electron chi connectivity index (χ3n) is 4.18. The Kier molecular flexibility index (Phi) is 4.94. The Labute approximate surface area is 121 Å². The van der Waals surface area contributed by atoms with E-state index in [1.807, 2.05) is 11.7 Å². The van der Waals surface area contributed by atoms with Crippen molar-refractivity contribution in [2.24, 2.45) is 7.05 Å². The van der Waals surface area contributed by atoms with Crippen LogP contribution in [0.4, 0.5) is 0 Å². The Balaban J connectivity index is 2.07. The van der Waals surface area contributed by atoms with E-state index in [1.54, 1.807) is 0 Å². The molecule has 20 heavy (non-hydrogen) atoms. The van der Waals surface area contributed by atoms with Gasteiger partial charge in [-0.15, -0.1) is 0 Å². The van der Waals surface area contributed by atoms with Gasteiger partial charge in [-0.1, -0.05) is 6.92 Å². The molecule has 112 valence electrons. The third kappa shape index (κ3) is 3.46. The van der Waals surface area contributed by atoms with Crippen LogP contribution in [-0.2, 0) is 24.7 Å². The molecule has 0 aliphatic carbocycles. The van der Waals surface area contributed by atoms with Crippen LogP contribution < -0.4 is 0 Å². The van der Waals surface area contributed by atoms with Gasteiger partial charge in [-0.25, -0.2) is 0 Å². The highest BCUT2D eigenvalue weighted by Gasteiger charge is 2.27. The summed E-state index contributed by atoms with van der Waals surface area (Å²) in [4.78, 5) is 17.1. The third-order valence-corrected chi connectivity index (χ3v) is 4.18. The molecule has 5 heteroatoms. The molecule has 0 saturated carbocycles. The van der Waals surface area contributed by atoms with Crippen LogP contribution in [-0.4, -0.2) is 65.1 Å². The van der Waals surface area contributed by atoms with E-state index in [2.05, 4.69) is 42.0 Å². The molecule has 0 amide bonds. The molecule has 0 aromatic carbocycles. The van der Waals surface area contributed by atoms with Crippen LogP contribution in [0.1, 0.15) is 24.7 Å². The molecule has 0 bridgehead atoms. The van der Waals surface area contributed by atoms with Crippen molar-refractivity contribution in [3.63, 3.8) is 0 Å². The normalized spacial score (nSPS) is 21.9. The number of nitrogens with zero attached hydrogens (tertiary/aromatic N) is 4. The van der Waals surface area contributed by atoms with Gasteiger partial charge in [-0.05, 0) is 46.1 Å². The number of aromatic nitrogens is 2. The zero-order chi connectivity index (χ0) is 14.7. The Morgan fingerprint density at radius 1 is 1.35 bits per heavy atom. The summed E-state index contributed by atoms with van der Waals surface area (Å²) in [5, 5.41) is 4.42. The fraction of sp³-hybridized carbons (Fsp3) is 0.733. The fourth-order valence-electron chi connectivity index (χ4n) is 2.83. The molecule has 1 aliphatic rings. The molecule has 1 saturated heterocycles. The van der Waals surface area contributed by atoms with Crippen molar-refractivity contribution in [3.8, 4) is 0 Å². The van der Waals surface area contributed by atoms with E-state index >= 15 is 0 Å². The van der Waals surface area contributed by atoms with Gasteiger partial charge in [-0.3, -0.25) is 14.4 Å². The number of hydrogen-bond acceptors (Lipinski definition) is 4. The van der Waals surface area contributed by atoms with Crippen molar-refractivity contribution in [2.75, 3.05) is 33.7 Å². The molecule has 0 N–H and O–H groups in total. The molecule has 2 heterocycles. The second kappa shape index (κ2) is 6.50. The average molecular weight is 278 g/mol. The SMILES string of the molecule is CCc1cc(CC(=O)C2CN(C)CCCN2C)n(C)n1. The first kappa shape index (κ1) is 15.2. The van der Waals surface area contributed by atoms with Crippen LogP contribution >= 0.6 is 0 Å². The molecule has 1 atom stereocenters. The molecule has 0 radical (unpaired) electrons. The molecule has 1 aromatic heterocycles. The minimum Gasteiger partial charge on any atom is -0.304 e. The second-order valence-corrected chi connectivity index (χ2v) is 5.86. The topological polar surface area (TPSA) is 41.4 Å². The summed E-state index contributed by atoms with van der Waals surface area (Å²) in [5.41, 5.74) is 2.08. The largest absolute Gasteiger partial charge is 0.304 e. The Bertz CT molecular complexity index is 468. The number of carbonyl (C=O) groups excluding carboxylic acids is 1. The lowest BCUT2D eigenvalue weighted by Crippen LogP contribution is -2.44. The van der Waals surface area contributed by atoms with Gasteiger partial charge in [0.1, 0.15) is 0 Å². The molecule has 1 aliphatic heterocycles. The molecule has 5 nitrogen and oxygen atoms in total. The zero-order valence-corrected chi connectivity index (χ0v) is 13.1. The van der Waals surface area contributed by atoms with Crippen molar-refractivity contribution < 1.29 is 4.79 Å². The van der Waals surface area contributed by atoms with Gasteiger partial charge in [-0.2, -0.15) is 5.10 Å². The lowest BCUT2D eigenvalue weighted by atomic mass is 10.1. The van der Waals surface area contributed by atoms with Gasteiger partial charge in [0.15, 0.2) is 5.78 Å². The van der Waals surface area contributed by atoms with E-state index in [4.69, 9.17) is 0 Å². The van der Waals surface area contributed by atoms with Gasteiger partial charge >= 0.3 is 0 Å². The van der Waals surface area contributed by atoms with E-state index in [1.165, 1.54) is 0 Å². The van der Waals surface area contributed by atoms with Crippen molar-refractivity contribution >= 4 is 5.78 Å². The summed E-state index contributed by atoms with van der Waals surface area (Å²) < 4.78 is 1.84. The van der Waals surface area contributed by atoms with E-state index in [9.17, 15) is 4.79 Å². The summed E-state index contributed by atoms with van der Waals surface area (Å²) >= 11 is 0. The maximum absolute atomic E-state index is 12.6. The minimum atomic E-state index is 0.00229. The molecular weight excluding hydrogens is 252 g/mol. The number of carbonyl (C=O) groups is 1. The van der Waals surface area contributed by atoms with E-state index in [0.29, 0.717) is 12.2 Å². The van der Waals surface area contributed by atoms with E-state index < -0.39 is 0 Å². The first-order valence-electron chi connectivity index (χ1n) is 7.44. The number of aryl methyl sites for hydroxylation is 2. The highest BCUT2D eigenvalue weighted by atomic mass is 16.1. The first-order chi connectivity index (χ1) is 9.51. The van der Waals surface area contributed by atoms with Crippen molar-refractivity contribution in [1.29, 1.82) is 0 Å². The van der Waals surface area contributed by atoms with Gasteiger partial charge < -0.3 is 4.90 Å². The van der Waals surface area contributed by atoms with Gasteiger partial charge in [0.2, 0.25) is 0 Å². The maximum atomic E-state index is 12.6. The highest BCUT2D eigenvalue weighted by Crippen LogP contribution is 2.12. The Hall–Kier alpha value is -1.20. The summed E-state index contributed by atoms with van der Waals surface area (Å²) in [7, 11) is 6.08. The molecule has 1 fully saturated rings. The molecule has 1 aromatic rings. The predicted molar refractivity (Wildman–Crippen MR) is 79.8 cm³/mol. The minimum absolute atomic E-state index is 0.00229. The van der Waals surface area contributed by atoms with Gasteiger partial charge in [0.05, 0.1) is 18.2 Å². The Morgan fingerprint density at radius 2 is 2.10 bits per heavy atom. The van der Waals surface area contributed by atoms with Crippen molar-refractivity contribution in [3.05, 3.63) is 17.5 Å². The number of rotatable bonds is 4. The monoisotopic (exact) mass is 278 g/mol. The standard InChI is InChI=1S/C15H26N4O/c1-5-12-9-13(19(4)16-12)10-15(20)14-11-17(2)7-6-8-18(14)3/h9,14H,5-8,10-11H2,1-4H3. The molecule has 2 rings (SSSR count). The highest BCUT2D eigenvalue weighted by molar-refractivity contribution is 5.86. The fourth-order valence-corrected chi connectivity index (χ4v) is 2.83. The number of likely N-dealkylation sites (N-methyl/N-ethyl adjacent to an activating group) is 2. The molecule has 0 spiro atoms. The number of Topliss-reactive ketones (excluding diaryl/α,β-unsaturated/α-hetero) is 1. The van der Waals surface area contributed by atoms with Crippen molar-refractivity contribution in [2.45, 2.75) is 32.2 Å². The number of hydrogen-bond donors (Lipinski definition) is 0. The van der Waals surface area contributed by atoms with E-state index in [0.717, 1.165) is 43.9 Å². The lowest BCUT2D eigenvalue weighted by Gasteiger charge is -2.26. The summed E-state index contributed by atoms with van der Waals surface area (Å²) in [6.07, 6.45) is 2.52. The summed E-state index contributed by atoms with van der Waals surface area (Å²) in [6.45, 7) is 4.97. The lowest BCUT2D eigenvalue weighted by molar-refractivity contribution is -0.123. The van der Waals surface area contributed by atoms with Crippen LogP contribution in [0.3, 0.4) is 0 Å². The van der Waals surface area contributed by atoms with Crippen LogP contribution in [0.5, 0.6) is 0 Å². The quantitative estimate of drug-likeness (QED) is 0.814. The van der Waals surface area contributed by atoms with Gasteiger partial charge in [0, 0.05) is 19.3 Å². The summed E-state index contributed by atoms with van der Waals surface area (Å²) in [6, 6.07) is 2.06. The second-order valence-electron chi connectivity index (χ2n) is 5.86. The molecular formula is C15H26N4O. The first-order valence-corrected chi connectivity index (χ1v) is 7.44. The number of ketones is 1. The van der Waals surface area contributed by atoms with E-state index in [-0.39, 0.29) is 6.04 Å². The predicted octanol–water partition coefficient (Wildman–Crippen LogP) is 0.730. The van der Waals surface area contributed by atoms with Gasteiger partial charge in [0.25, 0.3) is 0 Å².